The number of carbonyl (C=O) groups excluding carboxylic acids is 7. The smallest absolute Gasteiger partial charge is 0.242 e. The number of ketones is 1. The Morgan fingerprint density at radius 2 is 1.41 bits per heavy atom. The Morgan fingerprint density at radius 1 is 0.812 bits per heavy atom. The molecule has 2 saturated heterocycles. The maximum Gasteiger partial charge on any atom is 0.242 e. The molecule has 3 heterocycles. The second-order valence-electron chi connectivity index (χ2n) is 22.0. The molecule has 0 bridgehead atoms. The van der Waals surface area contributed by atoms with Gasteiger partial charge in [0, 0.05) is 64.3 Å². The molecule has 458 valence electrons. The molecule has 2 aromatic rings. The number of Topliss-reactive ketones (excluding diaryl/α,β-unsaturated/α-hetero) is 1. The number of para-hydroxylation sites is 1. The number of likely N-dealkylation sites (N-methyl/N-ethyl adjacent to an activating group) is 2. The highest BCUT2D eigenvalue weighted by molar-refractivity contribution is 6.05. The topological polar surface area (TPSA) is 227 Å². The first kappa shape index (κ1) is 73.2. The van der Waals surface area contributed by atoms with Crippen LogP contribution in [0.5, 0.6) is 0 Å². The molecule has 2 aliphatic rings. The molecule has 0 radical (unpaired) electrons. The zero-order valence-electron chi connectivity index (χ0n) is 52.6. The normalized spacial score (nSPS) is 17.9. The Balaban J connectivity index is 0.000000758. The van der Waals surface area contributed by atoms with Gasteiger partial charge in [-0.05, 0) is 62.1 Å². The molecule has 19 heteroatoms. The Bertz CT molecular complexity index is 2170. The highest BCUT2D eigenvalue weighted by Crippen LogP contribution is 2.32. The van der Waals surface area contributed by atoms with Gasteiger partial charge in [-0.2, -0.15) is 0 Å². The minimum absolute atomic E-state index is 0.0294. The molecular formula is C61H107N7O12. The highest BCUT2D eigenvalue weighted by Gasteiger charge is 2.45. The lowest BCUT2D eigenvalue weighted by atomic mass is 9.87. The summed E-state index contributed by atoms with van der Waals surface area (Å²) in [6.45, 7) is 32.9. The number of likely N-dealkylation sites (tertiary alicyclic amines) is 2. The van der Waals surface area contributed by atoms with E-state index < -0.39 is 29.5 Å². The number of aromatic amines is 1. The van der Waals surface area contributed by atoms with Crippen molar-refractivity contribution in [1.29, 1.82) is 0 Å². The molecule has 0 saturated carbocycles. The zero-order valence-corrected chi connectivity index (χ0v) is 52.6. The summed E-state index contributed by atoms with van der Waals surface area (Å²) in [7, 11) is 6.70. The molecule has 19 nitrogen and oxygen atoms in total. The predicted molar refractivity (Wildman–Crippen MR) is 316 cm³/mol. The van der Waals surface area contributed by atoms with Crippen LogP contribution >= 0.6 is 0 Å². The fourth-order valence-electron chi connectivity index (χ4n) is 10.3. The van der Waals surface area contributed by atoms with Gasteiger partial charge in [0.15, 0.2) is 5.78 Å². The number of imide groups is 1. The molecule has 9 atom stereocenters. The largest absolute Gasteiger partial charge is 0.381 e. The van der Waals surface area contributed by atoms with Crippen LogP contribution in [-0.4, -0.2) is 185 Å². The highest BCUT2D eigenvalue weighted by atomic mass is 16.5. The number of rotatable bonds is 32. The lowest BCUT2D eigenvalue weighted by molar-refractivity contribution is -0.143. The minimum Gasteiger partial charge on any atom is -0.381 e. The fraction of sp³-hybridized carbons (Fsp3) is 0.754. The van der Waals surface area contributed by atoms with E-state index in [1.165, 1.54) is 11.8 Å². The summed E-state index contributed by atoms with van der Waals surface area (Å²) in [5.41, 5.74) is 1.31. The molecule has 6 unspecified atom stereocenters. The lowest BCUT2D eigenvalue weighted by Crippen LogP contribution is -2.54. The first-order valence-electron chi connectivity index (χ1n) is 29.5. The average Bonchev–Trinajstić information content (AvgIpc) is 4.15. The van der Waals surface area contributed by atoms with Crippen LogP contribution in [0.1, 0.15) is 142 Å². The van der Waals surface area contributed by atoms with Crippen molar-refractivity contribution in [3.8, 4) is 0 Å². The van der Waals surface area contributed by atoms with E-state index in [4.69, 9.17) is 23.7 Å². The molecule has 80 heavy (non-hydrogen) atoms. The van der Waals surface area contributed by atoms with E-state index in [1.54, 1.807) is 42.0 Å². The van der Waals surface area contributed by atoms with Crippen LogP contribution in [0.25, 0.3) is 10.9 Å². The number of hydrogen-bond donors (Lipinski definition) is 4. The van der Waals surface area contributed by atoms with E-state index in [-0.39, 0.29) is 96.7 Å². The third-order valence-corrected chi connectivity index (χ3v) is 15.2. The van der Waals surface area contributed by atoms with Gasteiger partial charge in [-0.3, -0.25) is 43.4 Å². The van der Waals surface area contributed by atoms with Gasteiger partial charge >= 0.3 is 0 Å². The lowest BCUT2D eigenvalue weighted by Gasteiger charge is -2.35. The molecular weight excluding hydrogens is 1020 g/mol. The number of nitrogens with zero attached hydrogens (tertiary/aromatic N) is 3. The summed E-state index contributed by atoms with van der Waals surface area (Å²) < 4.78 is 28.2. The number of nitrogens with one attached hydrogen (secondary N) is 4. The van der Waals surface area contributed by atoms with Gasteiger partial charge in [-0.15, -0.1) is 0 Å². The van der Waals surface area contributed by atoms with Crippen LogP contribution in [0, 0.1) is 35.0 Å². The molecule has 2 fully saturated rings. The maximum atomic E-state index is 13.5. The van der Waals surface area contributed by atoms with Crippen molar-refractivity contribution in [2.24, 2.45) is 35.0 Å². The number of aromatic nitrogens is 1. The summed E-state index contributed by atoms with van der Waals surface area (Å²) in [5, 5.41) is 9.56. The standard InChI is InChI=1S/C31H48N4O5.C26H47N3O7.2C2H6/c1-8-19(2)20(3)27(39-6)17-28(36)35-15-11-14-26(35)29(40-7)21(4)30(37)34-25(31(38)32-5)16-22-18-33-24-13-10-9-12-23(22)24;1-18(2)22(20(5)30)27-24(32)23(19(3)4)28(8)9-11-34-13-15-36-16-14-35-12-10-29-21(31)17-26(6,7)25(29)33;2*1-2/h9-10,12-13,18-21,25-27,29,33H,8,11,14-17H2,1-7H3,(H,32,38)(H,34,37);18-19,22-23H,9-17H2,1-8H3,(H,27,32);2*1-2H3/t19?,20-,21?,25-,26?,27?,29?;22-,23?;;/m00../s1. The number of fused-ring (bicyclic) bond motifs is 1. The number of ether oxygens (including phenoxy) is 5. The number of hydrogen-bond acceptors (Lipinski definition) is 13. The van der Waals surface area contributed by atoms with Crippen molar-refractivity contribution >= 4 is 52.1 Å². The van der Waals surface area contributed by atoms with Gasteiger partial charge in [0.2, 0.25) is 35.4 Å². The van der Waals surface area contributed by atoms with Crippen LogP contribution in [-0.2, 0) is 63.7 Å². The van der Waals surface area contributed by atoms with Crippen molar-refractivity contribution < 1.29 is 57.2 Å². The second-order valence-corrected chi connectivity index (χ2v) is 22.0. The summed E-state index contributed by atoms with van der Waals surface area (Å²) in [6, 6.07) is 6.06. The number of carbonyl (C=O) groups is 7. The van der Waals surface area contributed by atoms with Gasteiger partial charge in [0.1, 0.15) is 6.04 Å². The quantitative estimate of drug-likeness (QED) is 0.0420. The SMILES string of the molecule is CC.CC.CC(=O)[C@@H](NC(=O)C(C(C)C)N(C)CCOCCOCCOCCN1C(=O)CC(C)(C)C1=O)C(C)C.CCC(C)[C@H](C)C(CC(=O)N1CCCC1C(OC)C(C)C(=O)N[C@@H](Cc1c[nH]c2ccccc12)C(=O)NC)OC. The van der Waals surface area contributed by atoms with Crippen LogP contribution in [0.3, 0.4) is 0 Å². The van der Waals surface area contributed by atoms with Crippen LogP contribution in [0.15, 0.2) is 30.5 Å². The minimum atomic E-state index is -0.748. The van der Waals surface area contributed by atoms with Gasteiger partial charge in [-0.25, -0.2) is 0 Å². The van der Waals surface area contributed by atoms with E-state index in [0.717, 1.165) is 35.7 Å². The molecule has 4 N–H and O–H groups in total. The maximum absolute atomic E-state index is 13.5. The zero-order chi connectivity index (χ0) is 60.9. The molecule has 2 aliphatic heterocycles. The molecule has 1 aromatic heterocycles. The van der Waals surface area contributed by atoms with Gasteiger partial charge in [0.25, 0.3) is 0 Å². The van der Waals surface area contributed by atoms with Crippen LogP contribution in [0.2, 0.25) is 0 Å². The van der Waals surface area contributed by atoms with E-state index in [0.29, 0.717) is 64.9 Å². The number of H-pyrrole nitrogens is 1. The molecule has 0 aliphatic carbocycles. The molecule has 4 rings (SSSR count). The average molecular weight is 1130 g/mol. The van der Waals surface area contributed by atoms with E-state index in [2.05, 4.69) is 41.7 Å². The molecule has 6 amide bonds. The van der Waals surface area contributed by atoms with Crippen molar-refractivity contribution in [3.05, 3.63) is 36.0 Å². The van der Waals surface area contributed by atoms with Gasteiger partial charge in [-0.1, -0.05) is 122 Å². The summed E-state index contributed by atoms with van der Waals surface area (Å²) >= 11 is 0. The molecule has 0 spiro atoms. The van der Waals surface area contributed by atoms with Gasteiger partial charge < -0.3 is 49.5 Å². The predicted octanol–water partition coefficient (Wildman–Crippen LogP) is 7.23. The van der Waals surface area contributed by atoms with Crippen molar-refractivity contribution in [2.75, 3.05) is 87.6 Å². The van der Waals surface area contributed by atoms with Crippen molar-refractivity contribution in [2.45, 2.75) is 179 Å². The summed E-state index contributed by atoms with van der Waals surface area (Å²) in [5.74, 6) is -0.770. The third kappa shape index (κ3) is 22.5. The van der Waals surface area contributed by atoms with E-state index in [1.807, 2.05) is 103 Å². The van der Waals surface area contributed by atoms with Crippen molar-refractivity contribution in [1.82, 2.24) is 35.6 Å². The third-order valence-electron chi connectivity index (χ3n) is 15.2. The van der Waals surface area contributed by atoms with Crippen LogP contribution in [0.4, 0.5) is 0 Å². The van der Waals surface area contributed by atoms with Crippen molar-refractivity contribution in [3.63, 3.8) is 0 Å². The first-order chi connectivity index (χ1) is 37.9. The van der Waals surface area contributed by atoms with Crippen LogP contribution < -0.4 is 16.0 Å². The number of methoxy groups -OCH3 is 2. The van der Waals surface area contributed by atoms with Gasteiger partial charge in [0.05, 0.1) is 94.3 Å². The molecule has 1 aromatic carbocycles. The second kappa shape index (κ2) is 38.1. The summed E-state index contributed by atoms with van der Waals surface area (Å²) in [6.07, 6.45) is 4.75. The summed E-state index contributed by atoms with van der Waals surface area (Å²) in [4.78, 5) is 96.9. The Morgan fingerprint density at radius 3 is 1.94 bits per heavy atom. The monoisotopic (exact) mass is 1130 g/mol. The Kier molecular flexibility index (Phi) is 34.8. The van der Waals surface area contributed by atoms with E-state index >= 15 is 0 Å². The number of benzene rings is 1. The Hall–Kier alpha value is -4.79. The Labute approximate surface area is 480 Å². The van der Waals surface area contributed by atoms with E-state index in [9.17, 15) is 33.6 Å². The first-order valence-corrected chi connectivity index (χ1v) is 29.5. The fourth-order valence-corrected chi connectivity index (χ4v) is 10.3. The number of amides is 6.